The number of para-hydroxylation sites is 1. The van der Waals surface area contributed by atoms with Crippen LogP contribution < -0.4 is 5.32 Å². The highest BCUT2D eigenvalue weighted by Gasteiger charge is 2.14. The minimum absolute atomic E-state index is 0.288. The van der Waals surface area contributed by atoms with Gasteiger partial charge in [-0.1, -0.05) is 36.4 Å². The van der Waals surface area contributed by atoms with Gasteiger partial charge in [0.05, 0.1) is 11.1 Å². The summed E-state index contributed by atoms with van der Waals surface area (Å²) in [5.74, 6) is -0.963. The van der Waals surface area contributed by atoms with Crippen LogP contribution in [0.25, 0.3) is 11.0 Å². The van der Waals surface area contributed by atoms with E-state index < -0.39 is 5.97 Å². The van der Waals surface area contributed by atoms with Gasteiger partial charge in [-0.2, -0.15) is 0 Å². The molecular weight excluding hydrogens is 306 g/mol. The lowest BCUT2D eigenvalue weighted by Crippen LogP contribution is -2.28. The van der Waals surface area contributed by atoms with Gasteiger partial charge in [0.25, 0.3) is 5.91 Å². The Hall–Kier alpha value is -3.28. The van der Waals surface area contributed by atoms with E-state index in [2.05, 4.69) is 15.3 Å². The van der Waals surface area contributed by atoms with Gasteiger partial charge in [-0.15, -0.1) is 0 Å². The molecule has 24 heavy (non-hydrogen) atoms. The summed E-state index contributed by atoms with van der Waals surface area (Å²) in [5.41, 5.74) is 2.31. The molecule has 0 aliphatic carbocycles. The number of nitrogens with zero attached hydrogens (tertiary/aromatic N) is 2. The van der Waals surface area contributed by atoms with E-state index in [0.717, 1.165) is 5.56 Å². The minimum Gasteiger partial charge on any atom is -0.452 e. The monoisotopic (exact) mass is 321 g/mol. The van der Waals surface area contributed by atoms with Gasteiger partial charge in [-0.05, 0) is 17.7 Å². The third kappa shape index (κ3) is 3.73. The highest BCUT2D eigenvalue weighted by atomic mass is 16.5. The van der Waals surface area contributed by atoms with Crippen LogP contribution in [-0.4, -0.2) is 28.5 Å². The first-order chi connectivity index (χ1) is 11.7. The van der Waals surface area contributed by atoms with Crippen LogP contribution in [0.1, 0.15) is 15.9 Å². The van der Waals surface area contributed by atoms with Gasteiger partial charge in [0.1, 0.15) is 5.52 Å². The first kappa shape index (κ1) is 15.6. The summed E-state index contributed by atoms with van der Waals surface area (Å²) in [6.45, 7) is 0.0410. The van der Waals surface area contributed by atoms with Crippen LogP contribution in [0.2, 0.25) is 0 Å². The summed E-state index contributed by atoms with van der Waals surface area (Å²) in [6, 6.07) is 14.5. The lowest BCUT2D eigenvalue weighted by molar-refractivity contribution is -0.124. The molecule has 0 spiro atoms. The molecule has 1 heterocycles. The maximum Gasteiger partial charge on any atom is 0.340 e. The fraction of sp³-hybridized carbons (Fsp3) is 0.111. The summed E-state index contributed by atoms with van der Waals surface area (Å²) in [6.07, 6.45) is 3.06. The number of hydrogen-bond donors (Lipinski definition) is 1. The van der Waals surface area contributed by atoms with Crippen LogP contribution in [0.4, 0.5) is 0 Å². The molecule has 0 fully saturated rings. The van der Waals surface area contributed by atoms with Gasteiger partial charge in [-0.3, -0.25) is 14.8 Å². The number of benzene rings is 2. The van der Waals surface area contributed by atoms with Crippen LogP contribution in [0.5, 0.6) is 0 Å². The molecule has 0 saturated carbocycles. The zero-order chi connectivity index (χ0) is 16.8. The van der Waals surface area contributed by atoms with Crippen molar-refractivity contribution in [3.05, 3.63) is 72.1 Å². The molecule has 1 amide bonds. The van der Waals surface area contributed by atoms with Crippen LogP contribution in [0.15, 0.2) is 60.9 Å². The summed E-state index contributed by atoms with van der Waals surface area (Å²) in [4.78, 5) is 32.2. The van der Waals surface area contributed by atoms with Gasteiger partial charge >= 0.3 is 5.97 Å². The molecule has 3 aromatic rings. The van der Waals surface area contributed by atoms with Crippen molar-refractivity contribution < 1.29 is 14.3 Å². The Morgan fingerprint density at radius 1 is 0.958 bits per heavy atom. The predicted octanol–water partition coefficient (Wildman–Crippen LogP) is 2.10. The minimum atomic E-state index is -0.601. The maximum absolute atomic E-state index is 12.2. The van der Waals surface area contributed by atoms with Crippen molar-refractivity contribution in [2.24, 2.45) is 0 Å². The zero-order valence-electron chi connectivity index (χ0n) is 12.8. The van der Waals surface area contributed by atoms with Gasteiger partial charge in [-0.25, -0.2) is 4.79 Å². The Morgan fingerprint density at radius 2 is 1.75 bits per heavy atom. The summed E-state index contributed by atoms with van der Waals surface area (Å²) in [7, 11) is 0. The van der Waals surface area contributed by atoms with Crippen molar-refractivity contribution in [3.63, 3.8) is 0 Å². The maximum atomic E-state index is 12.2. The van der Waals surface area contributed by atoms with Crippen molar-refractivity contribution in [1.82, 2.24) is 15.3 Å². The molecule has 1 aromatic heterocycles. The van der Waals surface area contributed by atoms with Gasteiger partial charge in [0, 0.05) is 18.9 Å². The molecule has 0 bridgehead atoms. The number of ether oxygens (including phenoxy) is 1. The van der Waals surface area contributed by atoms with Crippen LogP contribution in [-0.2, 0) is 16.1 Å². The number of hydrogen-bond acceptors (Lipinski definition) is 5. The number of rotatable bonds is 5. The van der Waals surface area contributed by atoms with Crippen molar-refractivity contribution in [2.75, 3.05) is 6.61 Å². The third-order valence-corrected chi connectivity index (χ3v) is 3.39. The van der Waals surface area contributed by atoms with E-state index >= 15 is 0 Å². The number of carbonyl (C=O) groups is 2. The Labute approximate surface area is 138 Å². The van der Waals surface area contributed by atoms with Gasteiger partial charge in [0.15, 0.2) is 6.61 Å². The van der Waals surface area contributed by atoms with Crippen LogP contribution >= 0.6 is 0 Å². The number of carbonyl (C=O) groups excluding carboxylic acids is 2. The quantitative estimate of drug-likeness (QED) is 0.728. The number of nitrogens with one attached hydrogen (secondary N) is 1. The molecule has 0 saturated heterocycles. The zero-order valence-corrected chi connectivity index (χ0v) is 12.8. The van der Waals surface area contributed by atoms with Gasteiger partial charge < -0.3 is 10.1 Å². The molecule has 1 N–H and O–H groups in total. The fourth-order valence-corrected chi connectivity index (χ4v) is 2.21. The van der Waals surface area contributed by atoms with E-state index in [0.29, 0.717) is 17.6 Å². The average Bonchev–Trinajstić information content (AvgIpc) is 2.64. The molecule has 0 radical (unpaired) electrons. The normalized spacial score (nSPS) is 10.3. The second kappa shape index (κ2) is 7.32. The Kier molecular flexibility index (Phi) is 4.76. The van der Waals surface area contributed by atoms with Crippen molar-refractivity contribution in [2.45, 2.75) is 6.54 Å². The molecule has 120 valence electrons. The second-order valence-electron chi connectivity index (χ2n) is 5.07. The van der Waals surface area contributed by atoms with E-state index in [4.69, 9.17) is 4.74 Å². The van der Waals surface area contributed by atoms with Crippen molar-refractivity contribution in [3.8, 4) is 0 Å². The largest absolute Gasteiger partial charge is 0.452 e. The average molecular weight is 321 g/mol. The smallest absolute Gasteiger partial charge is 0.340 e. The molecule has 0 atom stereocenters. The molecule has 2 aromatic carbocycles. The van der Waals surface area contributed by atoms with E-state index in [1.807, 2.05) is 30.3 Å². The second-order valence-corrected chi connectivity index (χ2v) is 5.07. The summed E-state index contributed by atoms with van der Waals surface area (Å²) >= 11 is 0. The van der Waals surface area contributed by atoms with Crippen LogP contribution in [0, 0.1) is 0 Å². The molecule has 3 rings (SSSR count). The Balaban J connectivity index is 1.58. The highest BCUT2D eigenvalue weighted by molar-refractivity contribution is 6.02. The van der Waals surface area contributed by atoms with Crippen LogP contribution in [0.3, 0.4) is 0 Å². The Bertz CT molecular complexity index is 860. The van der Waals surface area contributed by atoms with E-state index in [-0.39, 0.29) is 18.1 Å². The first-order valence-corrected chi connectivity index (χ1v) is 7.41. The van der Waals surface area contributed by atoms with E-state index in [9.17, 15) is 9.59 Å². The lowest BCUT2D eigenvalue weighted by Gasteiger charge is -2.07. The van der Waals surface area contributed by atoms with Gasteiger partial charge in [0.2, 0.25) is 0 Å². The highest BCUT2D eigenvalue weighted by Crippen LogP contribution is 2.14. The molecular formula is C18H15N3O3. The Morgan fingerprint density at radius 3 is 2.58 bits per heavy atom. The van der Waals surface area contributed by atoms with Crippen molar-refractivity contribution >= 4 is 22.9 Å². The fourth-order valence-electron chi connectivity index (χ4n) is 2.21. The molecule has 6 heteroatoms. The van der Waals surface area contributed by atoms with E-state index in [1.54, 1.807) is 24.4 Å². The molecule has 0 aliphatic rings. The molecule has 0 unspecified atom stereocenters. The predicted molar refractivity (Wildman–Crippen MR) is 88.1 cm³/mol. The number of aromatic nitrogens is 2. The number of amides is 1. The topological polar surface area (TPSA) is 81.2 Å². The first-order valence-electron chi connectivity index (χ1n) is 7.41. The van der Waals surface area contributed by atoms with Crippen molar-refractivity contribution in [1.29, 1.82) is 0 Å². The number of fused-ring (bicyclic) bond motifs is 1. The standard InChI is InChI=1S/C18H15N3O3/c22-16(21-11-13-5-2-1-3-6-13)12-24-18(23)14-7-4-8-15-17(14)20-10-9-19-15/h1-10H,11-12H2,(H,21,22). The number of esters is 1. The molecule has 0 aliphatic heterocycles. The summed E-state index contributed by atoms with van der Waals surface area (Å²) < 4.78 is 5.07. The third-order valence-electron chi connectivity index (χ3n) is 3.39. The summed E-state index contributed by atoms with van der Waals surface area (Å²) in [5, 5.41) is 2.70. The lowest BCUT2D eigenvalue weighted by atomic mass is 10.2. The SMILES string of the molecule is O=C(COC(=O)c1cccc2nccnc12)NCc1ccccc1. The molecule has 6 nitrogen and oxygen atoms in total. The van der Waals surface area contributed by atoms with E-state index in [1.165, 1.54) is 6.20 Å².